The summed E-state index contributed by atoms with van der Waals surface area (Å²) in [7, 11) is 1.28. The number of aryl methyl sites for hydroxylation is 2. The molecule has 0 radical (unpaired) electrons. The number of methoxy groups -OCH3 is 1. The predicted octanol–water partition coefficient (Wildman–Crippen LogP) is 2.96. The van der Waals surface area contributed by atoms with Crippen LogP contribution in [-0.2, 0) is 11.2 Å². The van der Waals surface area contributed by atoms with E-state index in [9.17, 15) is 9.18 Å². The monoisotopic (exact) mass is 306 g/mol. The van der Waals surface area contributed by atoms with Gasteiger partial charge in [0.25, 0.3) is 0 Å². The highest BCUT2D eigenvalue weighted by Crippen LogP contribution is 2.20. The molecule has 118 valence electrons. The van der Waals surface area contributed by atoms with Gasteiger partial charge in [-0.3, -0.25) is 5.10 Å². The Hall–Kier alpha value is -2.37. The van der Waals surface area contributed by atoms with Crippen LogP contribution in [0.5, 0.6) is 5.75 Å². The number of nitrogens with one attached hydrogen (secondary N) is 1. The Balaban J connectivity index is 1.93. The highest BCUT2D eigenvalue weighted by atomic mass is 19.1. The van der Waals surface area contributed by atoms with E-state index in [0.29, 0.717) is 6.61 Å². The average molecular weight is 306 g/mol. The molecule has 1 N–H and O–H groups in total. The number of carbonyl (C=O) groups is 1. The summed E-state index contributed by atoms with van der Waals surface area (Å²) in [5.41, 5.74) is 3.43. The van der Waals surface area contributed by atoms with Crippen LogP contribution >= 0.6 is 0 Å². The lowest BCUT2D eigenvalue weighted by atomic mass is 10.1. The zero-order valence-corrected chi connectivity index (χ0v) is 12.9. The third-order valence-corrected chi connectivity index (χ3v) is 3.46. The Kier molecular flexibility index (Phi) is 5.14. The molecule has 0 aliphatic heterocycles. The fourth-order valence-electron chi connectivity index (χ4n) is 2.23. The first-order chi connectivity index (χ1) is 10.5. The number of H-pyrrole nitrogens is 1. The summed E-state index contributed by atoms with van der Waals surface area (Å²) in [6, 6.07) is 3.92. The molecule has 0 saturated carbocycles. The number of benzene rings is 1. The second-order valence-electron chi connectivity index (χ2n) is 5.00. The van der Waals surface area contributed by atoms with Crippen LogP contribution in [0.1, 0.15) is 33.7 Å². The van der Waals surface area contributed by atoms with Crippen molar-refractivity contribution in [1.82, 2.24) is 10.2 Å². The zero-order chi connectivity index (χ0) is 16.1. The second-order valence-corrected chi connectivity index (χ2v) is 5.00. The second kappa shape index (κ2) is 7.06. The zero-order valence-electron chi connectivity index (χ0n) is 12.9. The molecule has 0 atom stereocenters. The summed E-state index contributed by atoms with van der Waals surface area (Å²) in [5, 5.41) is 7.06. The van der Waals surface area contributed by atoms with Gasteiger partial charge < -0.3 is 9.47 Å². The molecule has 0 aliphatic carbocycles. The minimum Gasteiger partial charge on any atom is -0.490 e. The van der Waals surface area contributed by atoms with Crippen molar-refractivity contribution in [2.45, 2.75) is 26.7 Å². The maximum atomic E-state index is 13.7. The Morgan fingerprint density at radius 3 is 2.77 bits per heavy atom. The van der Waals surface area contributed by atoms with Gasteiger partial charge in [-0.2, -0.15) is 5.10 Å². The maximum Gasteiger partial charge on any atom is 0.337 e. The number of halogens is 1. The summed E-state index contributed by atoms with van der Waals surface area (Å²) in [6.45, 7) is 4.26. The average Bonchev–Trinajstić information content (AvgIpc) is 2.83. The van der Waals surface area contributed by atoms with Gasteiger partial charge in [0.05, 0.1) is 25.0 Å². The summed E-state index contributed by atoms with van der Waals surface area (Å²) in [4.78, 5) is 11.4. The number of aromatic nitrogens is 2. The molecule has 2 aromatic rings. The third-order valence-electron chi connectivity index (χ3n) is 3.46. The molecular weight excluding hydrogens is 287 g/mol. The van der Waals surface area contributed by atoms with Gasteiger partial charge in [-0.25, -0.2) is 9.18 Å². The molecule has 6 heteroatoms. The standard InChI is InChI=1S/C16H19FN2O3/c1-10-13(11(2)19-18-10)5-4-8-22-15-9-12(16(20)21-3)6-7-14(15)17/h6-7,9H,4-5,8H2,1-3H3,(H,18,19). The Bertz CT molecular complexity index is 648. The van der Waals surface area contributed by atoms with Crippen LogP contribution in [0, 0.1) is 19.7 Å². The normalized spacial score (nSPS) is 10.5. The van der Waals surface area contributed by atoms with Crippen LogP contribution in [0.25, 0.3) is 0 Å². The molecule has 2 rings (SSSR count). The van der Waals surface area contributed by atoms with Gasteiger partial charge >= 0.3 is 5.97 Å². The fraction of sp³-hybridized carbons (Fsp3) is 0.375. The molecule has 0 amide bonds. The topological polar surface area (TPSA) is 64.2 Å². The molecule has 0 unspecified atom stereocenters. The van der Waals surface area contributed by atoms with Gasteiger partial charge in [0.15, 0.2) is 11.6 Å². The number of hydrogen-bond donors (Lipinski definition) is 1. The van der Waals surface area contributed by atoms with Crippen molar-refractivity contribution in [2.75, 3.05) is 13.7 Å². The molecule has 1 aromatic heterocycles. The van der Waals surface area contributed by atoms with Gasteiger partial charge in [-0.1, -0.05) is 0 Å². The van der Waals surface area contributed by atoms with Gasteiger partial charge in [0, 0.05) is 5.69 Å². The van der Waals surface area contributed by atoms with E-state index in [1.54, 1.807) is 0 Å². The number of carbonyl (C=O) groups excluding carboxylic acids is 1. The number of aromatic amines is 1. The van der Waals surface area contributed by atoms with Crippen LogP contribution < -0.4 is 4.74 Å². The van der Waals surface area contributed by atoms with E-state index in [4.69, 9.17) is 4.74 Å². The first kappa shape index (κ1) is 16.0. The van der Waals surface area contributed by atoms with Crippen molar-refractivity contribution in [3.63, 3.8) is 0 Å². The lowest BCUT2D eigenvalue weighted by Gasteiger charge is -2.09. The Labute approximate surface area is 128 Å². The van der Waals surface area contributed by atoms with Crippen molar-refractivity contribution >= 4 is 5.97 Å². The molecule has 0 fully saturated rings. The number of hydrogen-bond acceptors (Lipinski definition) is 4. The maximum absolute atomic E-state index is 13.7. The molecule has 0 bridgehead atoms. The van der Waals surface area contributed by atoms with Gasteiger partial charge in [0.1, 0.15) is 0 Å². The number of rotatable bonds is 6. The number of ether oxygens (including phenoxy) is 2. The first-order valence-corrected chi connectivity index (χ1v) is 7.04. The van der Waals surface area contributed by atoms with Crippen molar-refractivity contribution in [2.24, 2.45) is 0 Å². The summed E-state index contributed by atoms with van der Waals surface area (Å²) >= 11 is 0. The van der Waals surface area contributed by atoms with Crippen LogP contribution in [-0.4, -0.2) is 29.9 Å². The molecule has 1 heterocycles. The van der Waals surface area contributed by atoms with Crippen LogP contribution in [0.3, 0.4) is 0 Å². The predicted molar refractivity (Wildman–Crippen MR) is 79.6 cm³/mol. The van der Waals surface area contributed by atoms with Crippen molar-refractivity contribution in [3.05, 3.63) is 46.5 Å². The molecule has 1 aromatic carbocycles. The fourth-order valence-corrected chi connectivity index (χ4v) is 2.23. The van der Waals surface area contributed by atoms with E-state index in [-0.39, 0.29) is 11.3 Å². The SMILES string of the molecule is COC(=O)c1ccc(F)c(OCCCc2c(C)n[nH]c2C)c1. The number of nitrogens with zero attached hydrogens (tertiary/aromatic N) is 1. The quantitative estimate of drug-likeness (QED) is 0.658. The summed E-state index contributed by atoms with van der Waals surface area (Å²) < 4.78 is 23.7. The van der Waals surface area contributed by atoms with Crippen molar-refractivity contribution < 1.29 is 18.7 Å². The molecule has 22 heavy (non-hydrogen) atoms. The molecule has 0 spiro atoms. The van der Waals surface area contributed by atoms with Crippen LogP contribution in [0.4, 0.5) is 4.39 Å². The van der Waals surface area contributed by atoms with Gasteiger partial charge in [-0.05, 0) is 50.5 Å². The smallest absolute Gasteiger partial charge is 0.337 e. The minimum absolute atomic E-state index is 0.0588. The third kappa shape index (κ3) is 3.63. The molecule has 0 aliphatic rings. The van der Waals surface area contributed by atoms with Crippen LogP contribution in [0.15, 0.2) is 18.2 Å². The Morgan fingerprint density at radius 2 is 2.14 bits per heavy atom. The van der Waals surface area contributed by atoms with E-state index < -0.39 is 11.8 Å². The van der Waals surface area contributed by atoms with Gasteiger partial charge in [-0.15, -0.1) is 0 Å². The van der Waals surface area contributed by atoms with E-state index in [0.717, 1.165) is 29.8 Å². The largest absolute Gasteiger partial charge is 0.490 e. The minimum atomic E-state index is -0.519. The van der Waals surface area contributed by atoms with Gasteiger partial charge in [0.2, 0.25) is 0 Å². The summed E-state index contributed by atoms with van der Waals surface area (Å²) in [6.07, 6.45) is 1.52. The highest BCUT2D eigenvalue weighted by molar-refractivity contribution is 5.89. The van der Waals surface area contributed by atoms with Crippen molar-refractivity contribution in [1.29, 1.82) is 0 Å². The lowest BCUT2D eigenvalue weighted by Crippen LogP contribution is -2.05. The molecule has 5 nitrogen and oxygen atoms in total. The molecular formula is C16H19FN2O3. The van der Waals surface area contributed by atoms with E-state index >= 15 is 0 Å². The lowest BCUT2D eigenvalue weighted by molar-refractivity contribution is 0.0600. The molecule has 0 saturated heterocycles. The van der Waals surface area contributed by atoms with E-state index in [1.165, 1.54) is 25.3 Å². The summed E-state index contributed by atoms with van der Waals surface area (Å²) in [5.74, 6) is -0.957. The van der Waals surface area contributed by atoms with E-state index in [2.05, 4.69) is 14.9 Å². The Morgan fingerprint density at radius 1 is 1.36 bits per heavy atom. The van der Waals surface area contributed by atoms with E-state index in [1.807, 2.05) is 13.8 Å². The highest BCUT2D eigenvalue weighted by Gasteiger charge is 2.11. The number of esters is 1. The first-order valence-electron chi connectivity index (χ1n) is 7.04. The van der Waals surface area contributed by atoms with Crippen LogP contribution in [0.2, 0.25) is 0 Å². The van der Waals surface area contributed by atoms with Crippen molar-refractivity contribution in [3.8, 4) is 5.75 Å².